The number of amides is 3. The summed E-state index contributed by atoms with van der Waals surface area (Å²) in [6, 6.07) is 2.20. The molecule has 0 atom stereocenters. The van der Waals surface area contributed by atoms with Gasteiger partial charge in [0, 0.05) is 32.3 Å². The number of ether oxygens (including phenoxy) is 2. The Kier molecular flexibility index (Phi) is 13.0. The van der Waals surface area contributed by atoms with Crippen LogP contribution < -0.4 is 20.2 Å². The van der Waals surface area contributed by atoms with E-state index >= 15 is 0 Å². The van der Waals surface area contributed by atoms with Gasteiger partial charge >= 0.3 is 6.16 Å². The van der Waals surface area contributed by atoms with E-state index in [0.717, 1.165) is 38.4 Å². The number of phenols is 1. The van der Waals surface area contributed by atoms with Crippen LogP contribution in [0.4, 0.5) is 4.79 Å². The molecule has 0 fully saturated rings. The fraction of sp³-hybridized carbons (Fsp3) is 0.333. The van der Waals surface area contributed by atoms with Crippen LogP contribution in [0, 0.1) is 0 Å². The third kappa shape index (κ3) is 8.33. The lowest BCUT2D eigenvalue weighted by atomic mass is 10.1. The van der Waals surface area contributed by atoms with Crippen LogP contribution in [-0.4, -0.2) is 86.8 Å². The first kappa shape index (κ1) is 34.8. The van der Waals surface area contributed by atoms with Crippen molar-refractivity contribution in [1.82, 2.24) is 9.80 Å². The molecule has 14 nitrogen and oxygen atoms in total. The summed E-state index contributed by atoms with van der Waals surface area (Å²) >= 11 is 24.7. The first-order valence-corrected chi connectivity index (χ1v) is 13.0. The molecular weight excluding hydrogens is 648 g/mol. The molecule has 0 aliphatic heterocycles. The van der Waals surface area contributed by atoms with Crippen LogP contribution in [0.15, 0.2) is 12.1 Å². The Balaban J connectivity index is 2.38. The van der Waals surface area contributed by atoms with E-state index in [4.69, 9.17) is 66.6 Å². The lowest BCUT2D eigenvalue weighted by Crippen LogP contribution is -2.40. The van der Waals surface area contributed by atoms with Crippen LogP contribution in [-0.2, 0) is 19.3 Å². The normalized spacial score (nSPS) is 10.6. The molecular formula is C24H25Cl4N3O11. The van der Waals surface area contributed by atoms with Gasteiger partial charge in [0.15, 0.2) is 11.5 Å². The number of methoxy groups -OCH3 is 1. The quantitative estimate of drug-likeness (QED) is 0.135. The number of nitrogens with two attached hydrogens (primary N) is 1. The van der Waals surface area contributed by atoms with Crippen molar-refractivity contribution < 1.29 is 53.3 Å². The monoisotopic (exact) mass is 671 g/mol. The van der Waals surface area contributed by atoms with Gasteiger partial charge in [0.2, 0.25) is 17.4 Å². The lowest BCUT2D eigenvalue weighted by molar-refractivity contribution is -0.179. The molecule has 0 bridgehead atoms. The third-order valence-electron chi connectivity index (χ3n) is 5.31. The lowest BCUT2D eigenvalue weighted by Gasteiger charge is -2.25. The SMILES string of the molecule is COOc1cc(Cl)c(Cl)c(C(=O)N(CCCN(C)C(=O)c2c(Cl)c(Cl)cc(O)c2OOC)CC(N)=O)c1OC(=O)OC. The number of halogens is 4. The molecule has 0 aliphatic rings. The van der Waals surface area contributed by atoms with Crippen molar-refractivity contribution in [1.29, 1.82) is 0 Å². The van der Waals surface area contributed by atoms with Gasteiger partial charge in [0.05, 0.1) is 48.0 Å². The second-order valence-corrected chi connectivity index (χ2v) is 9.67. The molecule has 0 aromatic heterocycles. The van der Waals surface area contributed by atoms with E-state index in [1.54, 1.807) is 0 Å². The summed E-state index contributed by atoms with van der Waals surface area (Å²) < 4.78 is 9.58. The first-order chi connectivity index (χ1) is 19.8. The average Bonchev–Trinajstić information content (AvgIpc) is 2.93. The van der Waals surface area contributed by atoms with Gasteiger partial charge in [-0.1, -0.05) is 46.4 Å². The van der Waals surface area contributed by atoms with Crippen molar-refractivity contribution in [3.63, 3.8) is 0 Å². The Morgan fingerprint density at radius 3 is 1.98 bits per heavy atom. The number of rotatable bonds is 13. The van der Waals surface area contributed by atoms with E-state index < -0.39 is 47.5 Å². The minimum atomic E-state index is -1.23. The van der Waals surface area contributed by atoms with Crippen LogP contribution in [0.25, 0.3) is 0 Å². The van der Waals surface area contributed by atoms with Crippen LogP contribution in [0.5, 0.6) is 23.0 Å². The Labute approximate surface area is 259 Å². The molecule has 2 rings (SSSR count). The molecule has 3 amide bonds. The zero-order chi connectivity index (χ0) is 31.7. The maximum Gasteiger partial charge on any atom is 0.513 e. The standard InChI is InChI=1S/C24H25Cl4N3O11/c1-30(22(34)16-18(27)11(25)8-13(32)20(16)42-39-4)6-5-7-31(10-15(29)33)23(35)17-19(28)12(26)9-14(41-38-3)21(17)40-24(36)37-2/h8-9,32H,5-7,10H2,1-4H3,(H2,29,33). The van der Waals surface area contributed by atoms with E-state index in [-0.39, 0.29) is 56.7 Å². The predicted molar refractivity (Wildman–Crippen MR) is 150 cm³/mol. The number of carbonyl (C=O) groups is 4. The van der Waals surface area contributed by atoms with E-state index in [2.05, 4.69) is 14.5 Å². The molecule has 230 valence electrons. The minimum Gasteiger partial charge on any atom is -0.504 e. The summed E-state index contributed by atoms with van der Waals surface area (Å²) in [5, 5.41) is 9.33. The maximum atomic E-state index is 13.6. The van der Waals surface area contributed by atoms with Gasteiger partial charge in [0.25, 0.3) is 11.8 Å². The van der Waals surface area contributed by atoms with Crippen molar-refractivity contribution in [2.24, 2.45) is 5.73 Å². The summed E-state index contributed by atoms with van der Waals surface area (Å²) in [4.78, 5) is 71.8. The minimum absolute atomic E-state index is 0.0236. The first-order valence-electron chi connectivity index (χ1n) is 11.5. The van der Waals surface area contributed by atoms with Gasteiger partial charge in [-0.3, -0.25) is 14.4 Å². The van der Waals surface area contributed by atoms with E-state index in [9.17, 15) is 24.3 Å². The van der Waals surface area contributed by atoms with E-state index in [1.807, 2.05) is 0 Å². The largest absolute Gasteiger partial charge is 0.513 e. The highest BCUT2D eigenvalue weighted by Gasteiger charge is 2.31. The van der Waals surface area contributed by atoms with Gasteiger partial charge in [-0.15, -0.1) is 0 Å². The Morgan fingerprint density at radius 1 is 0.857 bits per heavy atom. The number of hydrogen-bond acceptors (Lipinski definition) is 11. The molecule has 42 heavy (non-hydrogen) atoms. The zero-order valence-electron chi connectivity index (χ0n) is 22.5. The highest BCUT2D eigenvalue weighted by molar-refractivity contribution is 6.45. The van der Waals surface area contributed by atoms with Gasteiger partial charge < -0.3 is 39.9 Å². The van der Waals surface area contributed by atoms with Crippen molar-refractivity contribution >= 4 is 70.3 Å². The summed E-state index contributed by atoms with van der Waals surface area (Å²) in [5.41, 5.74) is 4.61. The van der Waals surface area contributed by atoms with Crippen molar-refractivity contribution in [2.45, 2.75) is 6.42 Å². The number of primary amides is 1. The molecule has 0 heterocycles. The molecule has 0 saturated carbocycles. The fourth-order valence-corrected chi connectivity index (χ4v) is 4.33. The number of carbonyl (C=O) groups excluding carboxylic acids is 4. The van der Waals surface area contributed by atoms with Gasteiger partial charge in [-0.25, -0.2) is 4.79 Å². The van der Waals surface area contributed by atoms with Crippen molar-refractivity contribution in [2.75, 3.05) is 48.0 Å². The Hall–Kier alpha value is -3.40. The van der Waals surface area contributed by atoms with Crippen LogP contribution in [0.1, 0.15) is 27.1 Å². The van der Waals surface area contributed by atoms with Crippen LogP contribution >= 0.6 is 46.4 Å². The predicted octanol–water partition coefficient (Wildman–Crippen LogP) is 4.12. The van der Waals surface area contributed by atoms with Crippen LogP contribution in [0.3, 0.4) is 0 Å². The zero-order valence-corrected chi connectivity index (χ0v) is 25.5. The van der Waals surface area contributed by atoms with Crippen LogP contribution in [0.2, 0.25) is 20.1 Å². The van der Waals surface area contributed by atoms with Gasteiger partial charge in [-0.05, 0) is 6.42 Å². The Bertz CT molecular complexity index is 1360. The Morgan fingerprint density at radius 2 is 1.43 bits per heavy atom. The molecule has 18 heteroatoms. The fourth-order valence-electron chi connectivity index (χ4n) is 3.50. The van der Waals surface area contributed by atoms with E-state index in [0.29, 0.717) is 0 Å². The maximum absolute atomic E-state index is 13.6. The smallest absolute Gasteiger partial charge is 0.504 e. The van der Waals surface area contributed by atoms with Crippen molar-refractivity contribution in [3.8, 4) is 23.0 Å². The van der Waals surface area contributed by atoms with Crippen molar-refractivity contribution in [3.05, 3.63) is 43.4 Å². The van der Waals surface area contributed by atoms with Gasteiger partial charge in [-0.2, -0.15) is 9.78 Å². The summed E-state index contributed by atoms with van der Waals surface area (Å²) in [5.74, 6) is -4.22. The number of hydrogen-bond donors (Lipinski definition) is 2. The molecule has 0 unspecified atom stereocenters. The number of benzene rings is 2. The summed E-state index contributed by atoms with van der Waals surface area (Å²) in [6.07, 6.45) is -1.16. The molecule has 0 saturated heterocycles. The third-order valence-corrected chi connectivity index (χ3v) is 6.89. The highest BCUT2D eigenvalue weighted by atomic mass is 35.5. The molecule has 0 spiro atoms. The average molecular weight is 673 g/mol. The van der Waals surface area contributed by atoms with E-state index in [1.165, 1.54) is 11.9 Å². The summed E-state index contributed by atoms with van der Waals surface area (Å²) in [7, 11) is 4.73. The second-order valence-electron chi connectivity index (χ2n) is 8.10. The molecule has 0 aliphatic carbocycles. The number of aromatic hydroxyl groups is 1. The molecule has 3 N–H and O–H groups in total. The second kappa shape index (κ2) is 15.7. The highest BCUT2D eigenvalue weighted by Crippen LogP contribution is 2.43. The molecule has 0 radical (unpaired) electrons. The molecule has 2 aromatic carbocycles. The van der Waals surface area contributed by atoms with Gasteiger partial charge in [0.1, 0.15) is 11.1 Å². The topological polar surface area (TPSA) is 176 Å². The number of phenolic OH excluding ortho intramolecular Hbond substituents is 1. The number of nitrogens with zero attached hydrogens (tertiary/aromatic N) is 2. The summed E-state index contributed by atoms with van der Waals surface area (Å²) in [6.45, 7) is -0.794. The molecule has 2 aromatic rings.